The van der Waals surface area contributed by atoms with Gasteiger partial charge in [0.15, 0.2) is 0 Å². The number of rotatable bonds is 0. The molecular formula is C6H6O2. The summed E-state index contributed by atoms with van der Waals surface area (Å²) in [6.45, 7) is 0. The van der Waals surface area contributed by atoms with E-state index in [1.807, 2.05) is 0 Å². The first-order valence-corrected chi connectivity index (χ1v) is 3.30. The molecule has 1 heterocycles. The minimum Gasteiger partial charge on any atom is -0.230 e. The van der Waals surface area contributed by atoms with Crippen LogP contribution in [0, 0.1) is 23.7 Å². The van der Waals surface area contributed by atoms with Crippen molar-refractivity contribution in [3.8, 4) is 0 Å². The molecule has 2 unspecified atom stereocenters. The zero-order valence-electron chi connectivity index (χ0n) is 4.28. The maximum Gasteiger partial charge on any atom is 0.126 e. The smallest absolute Gasteiger partial charge is 0.126 e. The van der Waals surface area contributed by atoms with E-state index in [0.717, 1.165) is 23.7 Å². The van der Waals surface area contributed by atoms with Crippen LogP contribution in [0.25, 0.3) is 0 Å². The zero-order valence-corrected chi connectivity index (χ0v) is 4.28. The van der Waals surface area contributed by atoms with Crippen molar-refractivity contribution in [3.05, 3.63) is 0 Å². The molecular weight excluding hydrogens is 104 g/mol. The van der Waals surface area contributed by atoms with E-state index in [9.17, 15) is 0 Å². The van der Waals surface area contributed by atoms with Gasteiger partial charge in [-0.3, -0.25) is 0 Å². The molecule has 0 aromatic carbocycles. The van der Waals surface area contributed by atoms with Crippen molar-refractivity contribution in [2.24, 2.45) is 23.7 Å². The minimum atomic E-state index is 0.551. The van der Waals surface area contributed by atoms with Crippen molar-refractivity contribution in [2.45, 2.75) is 12.2 Å². The fraction of sp³-hybridized carbons (Fsp3) is 1.00. The summed E-state index contributed by atoms with van der Waals surface area (Å²) >= 11 is 0. The van der Waals surface area contributed by atoms with Crippen LogP contribution >= 0.6 is 0 Å². The van der Waals surface area contributed by atoms with Crippen LogP contribution in [0.5, 0.6) is 0 Å². The third-order valence-electron chi connectivity index (χ3n) is 3.30. The van der Waals surface area contributed by atoms with Crippen LogP contribution in [0.4, 0.5) is 0 Å². The molecule has 0 amide bonds. The van der Waals surface area contributed by atoms with Gasteiger partial charge in [0.05, 0.1) is 0 Å². The van der Waals surface area contributed by atoms with Gasteiger partial charge in [0.1, 0.15) is 12.2 Å². The Bertz CT molecular complexity index is 151. The highest BCUT2D eigenvalue weighted by molar-refractivity contribution is 5.33. The maximum absolute atomic E-state index is 4.93. The number of hydrogen-bond acceptors (Lipinski definition) is 2. The molecule has 1 saturated heterocycles. The third-order valence-corrected chi connectivity index (χ3v) is 3.30. The second kappa shape index (κ2) is 0.611. The molecule has 2 bridgehead atoms. The van der Waals surface area contributed by atoms with Crippen molar-refractivity contribution in [1.82, 2.24) is 0 Å². The van der Waals surface area contributed by atoms with Gasteiger partial charge in [-0.25, -0.2) is 9.78 Å². The van der Waals surface area contributed by atoms with E-state index in [1.54, 1.807) is 0 Å². The highest BCUT2D eigenvalue weighted by atomic mass is 17.2. The molecule has 42 valence electrons. The Labute approximate surface area is 46.7 Å². The van der Waals surface area contributed by atoms with Gasteiger partial charge >= 0.3 is 0 Å². The van der Waals surface area contributed by atoms with Gasteiger partial charge in [0, 0.05) is 0 Å². The van der Waals surface area contributed by atoms with Crippen LogP contribution in [0.3, 0.4) is 0 Å². The first kappa shape index (κ1) is 3.18. The van der Waals surface area contributed by atoms with E-state index in [1.165, 1.54) is 0 Å². The van der Waals surface area contributed by atoms with Gasteiger partial charge in [0.25, 0.3) is 0 Å². The third kappa shape index (κ3) is 0.132. The zero-order chi connectivity index (χ0) is 4.88. The van der Waals surface area contributed by atoms with E-state index in [0.29, 0.717) is 12.2 Å². The van der Waals surface area contributed by atoms with Crippen LogP contribution in [-0.4, -0.2) is 12.2 Å². The molecule has 5 aliphatic rings. The van der Waals surface area contributed by atoms with Gasteiger partial charge in [0.2, 0.25) is 0 Å². The summed E-state index contributed by atoms with van der Waals surface area (Å²) in [6, 6.07) is 0. The Morgan fingerprint density at radius 3 is 1.38 bits per heavy atom. The molecule has 1 aliphatic heterocycles. The van der Waals surface area contributed by atoms with Crippen molar-refractivity contribution < 1.29 is 9.78 Å². The maximum atomic E-state index is 4.93. The van der Waals surface area contributed by atoms with Gasteiger partial charge in [-0.2, -0.15) is 0 Å². The molecule has 2 heteroatoms. The lowest BCUT2D eigenvalue weighted by Gasteiger charge is -2.27. The summed E-state index contributed by atoms with van der Waals surface area (Å²) in [4.78, 5) is 9.86. The van der Waals surface area contributed by atoms with E-state index in [2.05, 4.69) is 0 Å². The molecule has 5 rings (SSSR count). The SMILES string of the molecule is O1OC2C1C1C3C2C13. The standard InChI is InChI=1S/C6H6O2/c7-5-3-1-2(3)4(1)6(5)8-7/h1-6H. The predicted molar refractivity (Wildman–Crippen MR) is 23.7 cm³/mol. The van der Waals surface area contributed by atoms with Gasteiger partial charge in [-0.1, -0.05) is 0 Å². The largest absolute Gasteiger partial charge is 0.230 e. The van der Waals surface area contributed by atoms with Crippen molar-refractivity contribution >= 4 is 0 Å². The lowest BCUT2D eigenvalue weighted by atomic mass is 10.2. The van der Waals surface area contributed by atoms with Crippen LogP contribution < -0.4 is 0 Å². The molecule has 2 atom stereocenters. The van der Waals surface area contributed by atoms with Gasteiger partial charge in [-0.05, 0) is 23.7 Å². The average molecular weight is 110 g/mol. The summed E-state index contributed by atoms with van der Waals surface area (Å²) < 4.78 is 0. The fourth-order valence-corrected chi connectivity index (χ4v) is 2.76. The Hall–Kier alpha value is -0.0800. The van der Waals surface area contributed by atoms with Gasteiger partial charge < -0.3 is 0 Å². The summed E-state index contributed by atoms with van der Waals surface area (Å²) in [5.74, 6) is 4.04. The van der Waals surface area contributed by atoms with Crippen LogP contribution in [0.2, 0.25) is 0 Å². The molecule has 4 saturated carbocycles. The highest BCUT2D eigenvalue weighted by Gasteiger charge is 2.88. The van der Waals surface area contributed by atoms with Crippen molar-refractivity contribution in [2.75, 3.05) is 0 Å². The Morgan fingerprint density at radius 1 is 0.625 bits per heavy atom. The predicted octanol–water partition coefficient (Wildman–Crippen LogP) is 0.191. The number of hydrogen-bond donors (Lipinski definition) is 0. The van der Waals surface area contributed by atoms with E-state index < -0.39 is 0 Å². The molecule has 8 heavy (non-hydrogen) atoms. The highest BCUT2D eigenvalue weighted by Crippen LogP contribution is 2.84. The van der Waals surface area contributed by atoms with Crippen LogP contribution in [0.1, 0.15) is 0 Å². The molecule has 2 nitrogen and oxygen atoms in total. The molecule has 0 spiro atoms. The lowest BCUT2D eigenvalue weighted by molar-refractivity contribution is -0.457. The molecule has 0 N–H and O–H groups in total. The Kier molecular flexibility index (Phi) is 0.243. The lowest BCUT2D eigenvalue weighted by Crippen LogP contribution is -2.38. The fourth-order valence-electron chi connectivity index (χ4n) is 2.76. The first-order chi connectivity index (χ1) is 3.98. The van der Waals surface area contributed by atoms with Crippen LogP contribution in [0.15, 0.2) is 0 Å². The van der Waals surface area contributed by atoms with E-state index in [4.69, 9.17) is 9.78 Å². The summed E-state index contributed by atoms with van der Waals surface area (Å²) in [5.41, 5.74) is 0. The molecule has 0 aromatic rings. The molecule has 5 fully saturated rings. The Morgan fingerprint density at radius 2 is 1.12 bits per heavy atom. The van der Waals surface area contributed by atoms with Gasteiger partial charge in [-0.15, -0.1) is 0 Å². The summed E-state index contributed by atoms with van der Waals surface area (Å²) in [5, 5.41) is 0. The average Bonchev–Trinajstić information content (AvgIpc) is 2.46. The topological polar surface area (TPSA) is 18.5 Å². The van der Waals surface area contributed by atoms with Crippen molar-refractivity contribution in [3.63, 3.8) is 0 Å². The monoisotopic (exact) mass is 110 g/mol. The van der Waals surface area contributed by atoms with E-state index in [-0.39, 0.29) is 0 Å². The minimum absolute atomic E-state index is 0.551. The normalized spacial score (nSPS) is 87.0. The molecule has 0 radical (unpaired) electrons. The van der Waals surface area contributed by atoms with Crippen LogP contribution in [-0.2, 0) is 9.78 Å². The Balaban J connectivity index is 1.95. The molecule has 4 aliphatic carbocycles. The summed E-state index contributed by atoms with van der Waals surface area (Å²) in [7, 11) is 0. The van der Waals surface area contributed by atoms with E-state index >= 15 is 0 Å². The summed E-state index contributed by atoms with van der Waals surface area (Å²) in [6.07, 6.45) is 1.10. The van der Waals surface area contributed by atoms with Crippen molar-refractivity contribution in [1.29, 1.82) is 0 Å². The first-order valence-electron chi connectivity index (χ1n) is 3.30. The molecule has 0 aromatic heterocycles. The second-order valence-corrected chi connectivity index (χ2v) is 3.43. The second-order valence-electron chi connectivity index (χ2n) is 3.43. The quantitative estimate of drug-likeness (QED) is 0.414.